The van der Waals surface area contributed by atoms with Crippen LogP contribution in [-0.4, -0.2) is 31.2 Å². The van der Waals surface area contributed by atoms with Crippen LogP contribution in [-0.2, 0) is 20.7 Å². The largest absolute Gasteiger partial charge is 0.486 e. The van der Waals surface area contributed by atoms with Gasteiger partial charge in [-0.15, -0.1) is 0 Å². The van der Waals surface area contributed by atoms with Gasteiger partial charge in [-0.05, 0) is 31.0 Å². The van der Waals surface area contributed by atoms with Gasteiger partial charge in [-0.2, -0.15) is 0 Å². The van der Waals surface area contributed by atoms with E-state index in [1.807, 2.05) is 30.3 Å². The zero-order valence-electron chi connectivity index (χ0n) is 14.6. The number of esters is 1. The van der Waals surface area contributed by atoms with Crippen molar-refractivity contribution in [2.24, 2.45) is 0 Å². The second-order valence-corrected chi connectivity index (χ2v) is 5.97. The minimum absolute atomic E-state index is 0.228. The predicted octanol–water partition coefficient (Wildman–Crippen LogP) is 2.96. The van der Waals surface area contributed by atoms with Crippen molar-refractivity contribution in [2.45, 2.75) is 25.9 Å². The third-order valence-electron chi connectivity index (χ3n) is 3.95. The number of amides is 1. The molecule has 0 spiro atoms. The molecular formula is C20H21NO5. The van der Waals surface area contributed by atoms with Crippen LogP contribution in [0.25, 0.3) is 0 Å². The molecule has 0 bridgehead atoms. The summed E-state index contributed by atoms with van der Waals surface area (Å²) < 4.78 is 16.1. The standard InChI is InChI=1S/C20H21NO5/c1-14(26-19(22)10-7-15-5-3-2-4-6-15)20(23)21-16-8-9-17-18(13-16)25-12-11-24-17/h2-6,8-9,13-14H,7,10-12H2,1H3,(H,21,23). The molecule has 0 aromatic heterocycles. The molecule has 1 N–H and O–H groups in total. The highest BCUT2D eigenvalue weighted by atomic mass is 16.6. The molecule has 2 aromatic carbocycles. The van der Waals surface area contributed by atoms with Crippen LogP contribution in [0.15, 0.2) is 48.5 Å². The van der Waals surface area contributed by atoms with Crippen LogP contribution >= 0.6 is 0 Å². The Hall–Kier alpha value is -3.02. The normalized spacial score (nSPS) is 13.6. The molecule has 1 unspecified atom stereocenters. The summed E-state index contributed by atoms with van der Waals surface area (Å²) in [5, 5.41) is 2.72. The van der Waals surface area contributed by atoms with Crippen molar-refractivity contribution in [1.29, 1.82) is 0 Å². The van der Waals surface area contributed by atoms with Crippen LogP contribution in [0.5, 0.6) is 11.5 Å². The molecule has 0 aliphatic carbocycles. The van der Waals surface area contributed by atoms with Gasteiger partial charge in [-0.25, -0.2) is 0 Å². The lowest BCUT2D eigenvalue weighted by atomic mass is 10.1. The van der Waals surface area contributed by atoms with E-state index in [2.05, 4.69) is 5.32 Å². The number of rotatable bonds is 6. The molecule has 1 aliphatic heterocycles. The van der Waals surface area contributed by atoms with Crippen LogP contribution in [0.4, 0.5) is 5.69 Å². The van der Waals surface area contributed by atoms with E-state index in [0.717, 1.165) is 5.56 Å². The lowest BCUT2D eigenvalue weighted by Gasteiger charge is -2.19. The van der Waals surface area contributed by atoms with Crippen molar-refractivity contribution in [3.05, 3.63) is 54.1 Å². The number of benzene rings is 2. The molecule has 3 rings (SSSR count). The monoisotopic (exact) mass is 355 g/mol. The quantitative estimate of drug-likeness (QED) is 0.807. The van der Waals surface area contributed by atoms with Gasteiger partial charge in [0.05, 0.1) is 0 Å². The van der Waals surface area contributed by atoms with Gasteiger partial charge >= 0.3 is 5.97 Å². The van der Waals surface area contributed by atoms with E-state index in [4.69, 9.17) is 14.2 Å². The number of nitrogens with one attached hydrogen (secondary N) is 1. The Morgan fingerprint density at radius 2 is 1.81 bits per heavy atom. The summed E-state index contributed by atoms with van der Waals surface area (Å²) in [5.41, 5.74) is 1.62. The highest BCUT2D eigenvalue weighted by Gasteiger charge is 2.19. The summed E-state index contributed by atoms with van der Waals surface area (Å²) in [7, 11) is 0. The fourth-order valence-electron chi connectivity index (χ4n) is 2.57. The maximum Gasteiger partial charge on any atom is 0.306 e. The molecule has 0 radical (unpaired) electrons. The van der Waals surface area contributed by atoms with E-state index >= 15 is 0 Å². The van der Waals surface area contributed by atoms with E-state index in [0.29, 0.717) is 36.8 Å². The molecular weight excluding hydrogens is 334 g/mol. The number of ether oxygens (including phenoxy) is 3. The third-order valence-corrected chi connectivity index (χ3v) is 3.95. The maximum atomic E-state index is 12.2. The van der Waals surface area contributed by atoms with E-state index < -0.39 is 18.0 Å². The van der Waals surface area contributed by atoms with Crippen LogP contribution in [0.1, 0.15) is 18.9 Å². The molecule has 0 saturated heterocycles. The number of carbonyl (C=O) groups is 2. The summed E-state index contributed by atoms with van der Waals surface area (Å²) in [6.45, 7) is 2.53. The molecule has 26 heavy (non-hydrogen) atoms. The third kappa shape index (κ3) is 4.75. The number of hydrogen-bond donors (Lipinski definition) is 1. The van der Waals surface area contributed by atoms with E-state index in [1.165, 1.54) is 0 Å². The summed E-state index contributed by atoms with van der Waals surface area (Å²) in [5.74, 6) is 0.435. The van der Waals surface area contributed by atoms with Gasteiger partial charge in [0.25, 0.3) is 5.91 Å². The van der Waals surface area contributed by atoms with Crippen molar-refractivity contribution < 1.29 is 23.8 Å². The minimum atomic E-state index is -0.883. The van der Waals surface area contributed by atoms with Gasteiger partial charge in [-0.1, -0.05) is 30.3 Å². The fourth-order valence-corrected chi connectivity index (χ4v) is 2.57. The second kappa shape index (κ2) is 8.38. The van der Waals surface area contributed by atoms with Crippen LogP contribution in [0.3, 0.4) is 0 Å². The lowest BCUT2D eigenvalue weighted by molar-refractivity contribution is -0.153. The van der Waals surface area contributed by atoms with Gasteiger partial charge in [0, 0.05) is 18.2 Å². The molecule has 6 nitrogen and oxygen atoms in total. The fraction of sp³-hybridized carbons (Fsp3) is 0.300. The first-order valence-electron chi connectivity index (χ1n) is 8.56. The van der Waals surface area contributed by atoms with Crippen LogP contribution < -0.4 is 14.8 Å². The average molecular weight is 355 g/mol. The molecule has 0 fully saturated rings. The number of aryl methyl sites for hydroxylation is 1. The topological polar surface area (TPSA) is 73.9 Å². The second-order valence-electron chi connectivity index (χ2n) is 5.97. The molecule has 0 saturated carbocycles. The van der Waals surface area contributed by atoms with Crippen molar-refractivity contribution in [3.8, 4) is 11.5 Å². The van der Waals surface area contributed by atoms with Gasteiger partial charge in [-0.3, -0.25) is 9.59 Å². The first-order chi connectivity index (χ1) is 12.6. The highest BCUT2D eigenvalue weighted by Crippen LogP contribution is 2.32. The summed E-state index contributed by atoms with van der Waals surface area (Å²) in [4.78, 5) is 24.2. The molecule has 1 heterocycles. The number of carbonyl (C=O) groups excluding carboxylic acids is 2. The number of anilines is 1. The number of hydrogen-bond acceptors (Lipinski definition) is 5. The Labute approximate surface area is 152 Å². The molecule has 1 atom stereocenters. The highest BCUT2D eigenvalue weighted by molar-refractivity contribution is 5.95. The summed E-state index contributed by atoms with van der Waals surface area (Å²) in [6, 6.07) is 14.8. The van der Waals surface area contributed by atoms with E-state index in [9.17, 15) is 9.59 Å². The first kappa shape index (κ1) is 17.8. The maximum absolute atomic E-state index is 12.2. The lowest BCUT2D eigenvalue weighted by Crippen LogP contribution is -2.30. The Kier molecular flexibility index (Phi) is 5.73. The van der Waals surface area contributed by atoms with Crippen molar-refractivity contribution in [3.63, 3.8) is 0 Å². The molecule has 2 aromatic rings. The van der Waals surface area contributed by atoms with Crippen molar-refractivity contribution in [1.82, 2.24) is 0 Å². The van der Waals surface area contributed by atoms with E-state index in [1.54, 1.807) is 25.1 Å². The van der Waals surface area contributed by atoms with Crippen molar-refractivity contribution in [2.75, 3.05) is 18.5 Å². The minimum Gasteiger partial charge on any atom is -0.486 e. The van der Waals surface area contributed by atoms with Crippen LogP contribution in [0.2, 0.25) is 0 Å². The molecule has 1 amide bonds. The smallest absolute Gasteiger partial charge is 0.306 e. The van der Waals surface area contributed by atoms with E-state index in [-0.39, 0.29) is 6.42 Å². The Balaban J connectivity index is 1.49. The van der Waals surface area contributed by atoms with Gasteiger partial charge in [0.1, 0.15) is 13.2 Å². The Morgan fingerprint density at radius 1 is 1.08 bits per heavy atom. The Morgan fingerprint density at radius 3 is 2.58 bits per heavy atom. The van der Waals surface area contributed by atoms with Gasteiger partial charge < -0.3 is 19.5 Å². The van der Waals surface area contributed by atoms with Crippen molar-refractivity contribution >= 4 is 17.6 Å². The summed E-state index contributed by atoms with van der Waals surface area (Å²) in [6.07, 6.45) is -0.0755. The molecule has 136 valence electrons. The van der Waals surface area contributed by atoms with Gasteiger partial charge in [0.2, 0.25) is 0 Å². The first-order valence-corrected chi connectivity index (χ1v) is 8.56. The SMILES string of the molecule is CC(OC(=O)CCc1ccccc1)C(=O)Nc1ccc2c(c1)OCCO2. The Bertz CT molecular complexity index is 775. The average Bonchev–Trinajstić information content (AvgIpc) is 2.67. The van der Waals surface area contributed by atoms with Gasteiger partial charge in [0.15, 0.2) is 17.6 Å². The summed E-state index contributed by atoms with van der Waals surface area (Å²) >= 11 is 0. The molecule has 1 aliphatic rings. The molecule has 6 heteroatoms. The zero-order chi connectivity index (χ0) is 18.4. The zero-order valence-corrected chi connectivity index (χ0v) is 14.6. The number of fused-ring (bicyclic) bond motifs is 1. The van der Waals surface area contributed by atoms with Crippen LogP contribution in [0, 0.1) is 0 Å². The predicted molar refractivity (Wildman–Crippen MR) is 96.4 cm³/mol.